The van der Waals surface area contributed by atoms with Crippen molar-refractivity contribution < 1.29 is 0 Å². The SMILES string of the molecule is Cc1ccc(N=Cc2ccc(N3CCCC3)cc2C)cc1C. The number of anilines is 1. The predicted molar refractivity (Wildman–Crippen MR) is 95.8 cm³/mol. The number of aliphatic imine (C=N–C) groups is 1. The Morgan fingerprint density at radius 3 is 2.32 bits per heavy atom. The molecule has 2 heteroatoms. The highest BCUT2D eigenvalue weighted by Gasteiger charge is 2.12. The van der Waals surface area contributed by atoms with E-state index in [9.17, 15) is 0 Å². The molecule has 0 atom stereocenters. The van der Waals surface area contributed by atoms with E-state index in [1.807, 2.05) is 6.21 Å². The first-order valence-electron chi connectivity index (χ1n) is 8.10. The van der Waals surface area contributed by atoms with Crippen LogP contribution in [-0.4, -0.2) is 19.3 Å². The molecule has 2 aromatic carbocycles. The van der Waals surface area contributed by atoms with Crippen LogP contribution >= 0.6 is 0 Å². The summed E-state index contributed by atoms with van der Waals surface area (Å²) in [6.07, 6.45) is 4.61. The summed E-state index contributed by atoms with van der Waals surface area (Å²) < 4.78 is 0. The fourth-order valence-corrected chi connectivity index (χ4v) is 2.93. The minimum atomic E-state index is 1.02. The molecular formula is C20H24N2. The second-order valence-electron chi connectivity index (χ2n) is 6.26. The molecule has 1 saturated heterocycles. The van der Waals surface area contributed by atoms with Gasteiger partial charge in [-0.2, -0.15) is 0 Å². The van der Waals surface area contributed by atoms with E-state index in [2.05, 4.69) is 67.1 Å². The number of hydrogen-bond acceptors (Lipinski definition) is 2. The lowest BCUT2D eigenvalue weighted by molar-refractivity contribution is 0.949. The maximum Gasteiger partial charge on any atom is 0.0632 e. The van der Waals surface area contributed by atoms with Crippen molar-refractivity contribution in [3.05, 3.63) is 58.7 Å². The molecule has 0 bridgehead atoms. The molecule has 114 valence electrons. The van der Waals surface area contributed by atoms with Crippen LogP contribution in [0.2, 0.25) is 0 Å². The van der Waals surface area contributed by atoms with Gasteiger partial charge in [0.2, 0.25) is 0 Å². The molecular weight excluding hydrogens is 268 g/mol. The van der Waals surface area contributed by atoms with Gasteiger partial charge in [0, 0.05) is 25.0 Å². The summed E-state index contributed by atoms with van der Waals surface area (Å²) in [5.74, 6) is 0. The van der Waals surface area contributed by atoms with Crippen molar-refractivity contribution in [1.82, 2.24) is 0 Å². The monoisotopic (exact) mass is 292 g/mol. The summed E-state index contributed by atoms with van der Waals surface area (Å²) in [7, 11) is 0. The molecule has 3 rings (SSSR count). The smallest absolute Gasteiger partial charge is 0.0632 e. The molecule has 0 amide bonds. The minimum Gasteiger partial charge on any atom is -0.372 e. The van der Waals surface area contributed by atoms with Crippen LogP contribution in [-0.2, 0) is 0 Å². The van der Waals surface area contributed by atoms with E-state index >= 15 is 0 Å². The summed E-state index contributed by atoms with van der Waals surface area (Å²) in [5, 5.41) is 0. The minimum absolute atomic E-state index is 1.02. The second-order valence-corrected chi connectivity index (χ2v) is 6.26. The summed E-state index contributed by atoms with van der Waals surface area (Å²) >= 11 is 0. The Labute approximate surface area is 133 Å². The highest BCUT2D eigenvalue weighted by molar-refractivity contribution is 5.84. The summed E-state index contributed by atoms with van der Waals surface area (Å²) in [4.78, 5) is 7.10. The Kier molecular flexibility index (Phi) is 4.28. The molecule has 0 N–H and O–H groups in total. The fraction of sp³-hybridized carbons (Fsp3) is 0.350. The first-order valence-corrected chi connectivity index (χ1v) is 8.10. The van der Waals surface area contributed by atoms with Crippen LogP contribution in [0.15, 0.2) is 41.4 Å². The largest absolute Gasteiger partial charge is 0.372 e. The summed E-state index contributed by atoms with van der Waals surface area (Å²) in [6, 6.07) is 13.0. The molecule has 0 aromatic heterocycles. The zero-order valence-corrected chi connectivity index (χ0v) is 13.8. The van der Waals surface area contributed by atoms with Gasteiger partial charge in [-0.15, -0.1) is 0 Å². The van der Waals surface area contributed by atoms with Crippen LogP contribution in [0.1, 0.15) is 35.1 Å². The molecule has 2 aromatic rings. The molecule has 1 aliphatic heterocycles. The van der Waals surface area contributed by atoms with Gasteiger partial charge >= 0.3 is 0 Å². The van der Waals surface area contributed by atoms with Gasteiger partial charge < -0.3 is 4.90 Å². The van der Waals surface area contributed by atoms with Crippen molar-refractivity contribution in [3.8, 4) is 0 Å². The van der Waals surface area contributed by atoms with Gasteiger partial charge in [-0.1, -0.05) is 12.1 Å². The molecule has 0 aliphatic carbocycles. The number of nitrogens with zero attached hydrogens (tertiary/aromatic N) is 2. The molecule has 1 fully saturated rings. The van der Waals surface area contributed by atoms with Gasteiger partial charge in [0.25, 0.3) is 0 Å². The van der Waals surface area contributed by atoms with Gasteiger partial charge in [0.15, 0.2) is 0 Å². The second kappa shape index (κ2) is 6.35. The van der Waals surface area contributed by atoms with Gasteiger partial charge in [-0.25, -0.2) is 0 Å². The maximum atomic E-state index is 4.63. The van der Waals surface area contributed by atoms with E-state index < -0.39 is 0 Å². The van der Waals surface area contributed by atoms with Crippen molar-refractivity contribution >= 4 is 17.6 Å². The molecule has 0 unspecified atom stereocenters. The Hall–Kier alpha value is -2.09. The molecule has 0 spiro atoms. The van der Waals surface area contributed by atoms with E-state index in [-0.39, 0.29) is 0 Å². The summed E-state index contributed by atoms with van der Waals surface area (Å²) in [6.45, 7) is 8.81. The van der Waals surface area contributed by atoms with Gasteiger partial charge in [0.05, 0.1) is 5.69 Å². The van der Waals surface area contributed by atoms with Gasteiger partial charge in [-0.3, -0.25) is 4.99 Å². The van der Waals surface area contributed by atoms with Crippen molar-refractivity contribution in [2.45, 2.75) is 33.6 Å². The molecule has 1 heterocycles. The Bertz CT molecular complexity index is 695. The van der Waals surface area contributed by atoms with E-state index in [4.69, 9.17) is 0 Å². The van der Waals surface area contributed by atoms with Crippen molar-refractivity contribution in [2.24, 2.45) is 4.99 Å². The average molecular weight is 292 g/mol. The van der Waals surface area contributed by atoms with Crippen LogP contribution in [0.4, 0.5) is 11.4 Å². The first-order chi connectivity index (χ1) is 10.6. The average Bonchev–Trinajstić information content (AvgIpc) is 3.04. The Morgan fingerprint density at radius 1 is 0.864 bits per heavy atom. The van der Waals surface area contributed by atoms with Crippen LogP contribution in [0.25, 0.3) is 0 Å². The normalized spacial score (nSPS) is 15.0. The Morgan fingerprint density at radius 2 is 1.64 bits per heavy atom. The molecule has 0 saturated carbocycles. The van der Waals surface area contributed by atoms with E-state index in [0.29, 0.717) is 0 Å². The molecule has 0 radical (unpaired) electrons. The third kappa shape index (κ3) is 3.22. The summed E-state index contributed by atoms with van der Waals surface area (Å²) in [5.41, 5.74) is 7.45. The highest BCUT2D eigenvalue weighted by Crippen LogP contribution is 2.23. The fourth-order valence-electron chi connectivity index (χ4n) is 2.93. The van der Waals surface area contributed by atoms with Crippen LogP contribution in [0.3, 0.4) is 0 Å². The number of hydrogen-bond donors (Lipinski definition) is 0. The van der Waals surface area contributed by atoms with E-state index in [1.165, 1.54) is 53.9 Å². The lowest BCUT2D eigenvalue weighted by Crippen LogP contribution is -2.17. The van der Waals surface area contributed by atoms with E-state index in [1.54, 1.807) is 0 Å². The van der Waals surface area contributed by atoms with Crippen LogP contribution in [0, 0.1) is 20.8 Å². The van der Waals surface area contributed by atoms with Crippen molar-refractivity contribution in [1.29, 1.82) is 0 Å². The van der Waals surface area contributed by atoms with Crippen LogP contribution in [0.5, 0.6) is 0 Å². The van der Waals surface area contributed by atoms with Gasteiger partial charge in [-0.05, 0) is 80.1 Å². The molecule has 1 aliphatic rings. The Balaban J connectivity index is 1.79. The van der Waals surface area contributed by atoms with Crippen LogP contribution < -0.4 is 4.90 Å². The number of benzene rings is 2. The molecule has 2 nitrogen and oxygen atoms in total. The highest BCUT2D eigenvalue weighted by atomic mass is 15.1. The maximum absolute atomic E-state index is 4.63. The third-order valence-electron chi connectivity index (χ3n) is 4.57. The first kappa shape index (κ1) is 14.8. The number of rotatable bonds is 3. The third-order valence-corrected chi connectivity index (χ3v) is 4.57. The lowest BCUT2D eigenvalue weighted by atomic mass is 10.1. The van der Waals surface area contributed by atoms with Gasteiger partial charge in [0.1, 0.15) is 0 Å². The predicted octanol–water partition coefficient (Wildman–Crippen LogP) is 4.96. The zero-order chi connectivity index (χ0) is 15.5. The van der Waals surface area contributed by atoms with Crippen molar-refractivity contribution in [3.63, 3.8) is 0 Å². The molecule has 22 heavy (non-hydrogen) atoms. The van der Waals surface area contributed by atoms with E-state index in [0.717, 1.165) is 5.69 Å². The lowest BCUT2D eigenvalue weighted by Gasteiger charge is -2.18. The zero-order valence-electron chi connectivity index (χ0n) is 13.8. The van der Waals surface area contributed by atoms with Crippen molar-refractivity contribution in [2.75, 3.05) is 18.0 Å². The quantitative estimate of drug-likeness (QED) is 0.730. The number of aryl methyl sites for hydroxylation is 3. The topological polar surface area (TPSA) is 15.6 Å². The standard InChI is InChI=1S/C20H24N2/c1-15-6-8-19(12-16(15)2)21-14-18-7-9-20(13-17(18)3)22-10-4-5-11-22/h6-9,12-14H,4-5,10-11H2,1-3H3.